The Labute approximate surface area is 114 Å². The molecule has 0 bridgehead atoms. The number of anilines is 1. The Morgan fingerprint density at radius 1 is 1.53 bits per heavy atom. The maximum atomic E-state index is 11.8. The number of carbonyl (C=O) groups is 1. The second-order valence-corrected chi connectivity index (χ2v) is 5.78. The minimum atomic E-state index is 0.0881. The molecule has 17 heavy (non-hydrogen) atoms. The van der Waals surface area contributed by atoms with Crippen LogP contribution in [0, 0.1) is 6.92 Å². The third-order valence-electron chi connectivity index (χ3n) is 2.83. The van der Waals surface area contributed by atoms with Crippen LogP contribution in [0.4, 0.5) is 5.69 Å². The standard InChI is InChI=1S/C12H13BrClNO2/c1-7-3-11(17-2)10(5-9(7)14)15-6-8(13)4-12(15)16/h3,5,8H,4,6H2,1-2H3. The molecule has 0 N–H and O–H groups in total. The van der Waals surface area contributed by atoms with Crippen molar-refractivity contribution in [3.05, 3.63) is 22.7 Å². The molecule has 1 aromatic carbocycles. The average Bonchev–Trinajstić information content (AvgIpc) is 2.61. The van der Waals surface area contributed by atoms with Crippen LogP contribution < -0.4 is 9.64 Å². The Balaban J connectivity index is 2.44. The molecule has 92 valence electrons. The first-order valence-electron chi connectivity index (χ1n) is 5.31. The third-order valence-corrected chi connectivity index (χ3v) is 3.85. The van der Waals surface area contributed by atoms with Crippen molar-refractivity contribution in [2.45, 2.75) is 18.2 Å². The Kier molecular flexibility index (Phi) is 3.64. The summed E-state index contributed by atoms with van der Waals surface area (Å²) in [6.45, 7) is 2.56. The molecule has 0 aromatic heterocycles. The van der Waals surface area contributed by atoms with Crippen LogP contribution in [0.25, 0.3) is 0 Å². The molecule has 0 radical (unpaired) electrons. The van der Waals surface area contributed by atoms with Crippen LogP contribution in [0.1, 0.15) is 12.0 Å². The molecule has 5 heteroatoms. The number of ether oxygens (including phenoxy) is 1. The lowest BCUT2D eigenvalue weighted by molar-refractivity contribution is -0.117. The van der Waals surface area contributed by atoms with Crippen LogP contribution in [0.15, 0.2) is 12.1 Å². The molecule has 0 aliphatic carbocycles. The monoisotopic (exact) mass is 317 g/mol. The average molecular weight is 319 g/mol. The minimum absolute atomic E-state index is 0.0881. The van der Waals surface area contributed by atoms with Crippen molar-refractivity contribution < 1.29 is 9.53 Å². The Bertz CT molecular complexity index is 464. The zero-order valence-electron chi connectivity index (χ0n) is 9.67. The Morgan fingerprint density at radius 2 is 2.24 bits per heavy atom. The van der Waals surface area contributed by atoms with Gasteiger partial charge in [0.15, 0.2) is 0 Å². The first-order valence-corrected chi connectivity index (χ1v) is 6.61. The summed E-state index contributed by atoms with van der Waals surface area (Å²) in [7, 11) is 1.60. The number of hydrogen-bond acceptors (Lipinski definition) is 2. The molecule has 1 fully saturated rings. The van der Waals surface area contributed by atoms with Crippen molar-refractivity contribution >= 4 is 39.1 Å². The van der Waals surface area contributed by atoms with E-state index in [-0.39, 0.29) is 10.7 Å². The molecule has 1 aromatic rings. The molecule has 1 saturated heterocycles. The van der Waals surface area contributed by atoms with Gasteiger partial charge in [0, 0.05) is 22.8 Å². The highest BCUT2D eigenvalue weighted by Gasteiger charge is 2.30. The molecule has 0 spiro atoms. The summed E-state index contributed by atoms with van der Waals surface area (Å²) in [6.07, 6.45) is 0.509. The summed E-state index contributed by atoms with van der Waals surface area (Å²) in [5.41, 5.74) is 1.68. The van der Waals surface area contributed by atoms with Crippen LogP contribution in [-0.2, 0) is 4.79 Å². The zero-order valence-corrected chi connectivity index (χ0v) is 12.0. The number of halogens is 2. The number of carbonyl (C=O) groups excluding carboxylic acids is 1. The molecule has 1 heterocycles. The molecular formula is C12H13BrClNO2. The fourth-order valence-corrected chi connectivity index (χ4v) is 2.64. The third kappa shape index (κ3) is 2.43. The number of methoxy groups -OCH3 is 1. The molecule has 1 aliphatic rings. The van der Waals surface area contributed by atoms with E-state index < -0.39 is 0 Å². The van der Waals surface area contributed by atoms with Gasteiger partial charge in [-0.05, 0) is 24.6 Å². The van der Waals surface area contributed by atoms with Gasteiger partial charge in [-0.3, -0.25) is 4.79 Å². The second kappa shape index (κ2) is 4.86. The Morgan fingerprint density at radius 3 is 2.76 bits per heavy atom. The van der Waals surface area contributed by atoms with E-state index in [2.05, 4.69) is 15.9 Å². The van der Waals surface area contributed by atoms with Gasteiger partial charge in [-0.25, -0.2) is 0 Å². The lowest BCUT2D eigenvalue weighted by Crippen LogP contribution is -2.25. The maximum absolute atomic E-state index is 11.8. The fraction of sp³-hybridized carbons (Fsp3) is 0.417. The summed E-state index contributed by atoms with van der Waals surface area (Å²) >= 11 is 9.56. The first-order chi connectivity index (χ1) is 8.02. The van der Waals surface area contributed by atoms with E-state index in [4.69, 9.17) is 16.3 Å². The zero-order chi connectivity index (χ0) is 12.6. The van der Waals surface area contributed by atoms with Crippen LogP contribution in [0.2, 0.25) is 5.02 Å². The number of hydrogen-bond donors (Lipinski definition) is 0. The van der Waals surface area contributed by atoms with Gasteiger partial charge in [-0.15, -0.1) is 0 Å². The molecule has 1 atom stereocenters. The molecular weight excluding hydrogens is 305 g/mol. The van der Waals surface area contributed by atoms with Crippen molar-refractivity contribution in [2.75, 3.05) is 18.6 Å². The quantitative estimate of drug-likeness (QED) is 0.784. The van der Waals surface area contributed by atoms with Crippen molar-refractivity contribution in [2.24, 2.45) is 0 Å². The fourth-order valence-electron chi connectivity index (χ4n) is 1.92. The van der Waals surface area contributed by atoms with E-state index >= 15 is 0 Å². The number of rotatable bonds is 2. The van der Waals surface area contributed by atoms with E-state index in [1.54, 1.807) is 18.1 Å². The summed E-state index contributed by atoms with van der Waals surface area (Å²) < 4.78 is 5.31. The van der Waals surface area contributed by atoms with E-state index in [1.807, 2.05) is 13.0 Å². The highest BCUT2D eigenvalue weighted by atomic mass is 79.9. The van der Waals surface area contributed by atoms with Crippen LogP contribution in [-0.4, -0.2) is 24.4 Å². The van der Waals surface area contributed by atoms with E-state index in [1.165, 1.54) is 0 Å². The van der Waals surface area contributed by atoms with Gasteiger partial charge in [-0.2, -0.15) is 0 Å². The maximum Gasteiger partial charge on any atom is 0.228 e. The second-order valence-electron chi connectivity index (χ2n) is 4.08. The molecule has 2 rings (SSSR count). The van der Waals surface area contributed by atoms with Crippen molar-refractivity contribution in [1.29, 1.82) is 0 Å². The molecule has 1 aliphatic heterocycles. The van der Waals surface area contributed by atoms with E-state index in [0.717, 1.165) is 11.3 Å². The highest BCUT2D eigenvalue weighted by Crippen LogP contribution is 2.36. The van der Waals surface area contributed by atoms with Gasteiger partial charge in [-0.1, -0.05) is 27.5 Å². The predicted octanol–water partition coefficient (Wildman–Crippen LogP) is 3.16. The number of alkyl halides is 1. The first kappa shape index (κ1) is 12.7. The van der Waals surface area contributed by atoms with E-state index in [9.17, 15) is 4.79 Å². The molecule has 1 amide bonds. The van der Waals surface area contributed by atoms with Crippen LogP contribution >= 0.6 is 27.5 Å². The van der Waals surface area contributed by atoms with Crippen LogP contribution in [0.3, 0.4) is 0 Å². The lowest BCUT2D eigenvalue weighted by atomic mass is 10.2. The number of benzene rings is 1. The van der Waals surface area contributed by atoms with E-state index in [0.29, 0.717) is 23.7 Å². The van der Waals surface area contributed by atoms with Gasteiger partial charge in [0.25, 0.3) is 0 Å². The minimum Gasteiger partial charge on any atom is -0.495 e. The van der Waals surface area contributed by atoms with Crippen LogP contribution in [0.5, 0.6) is 5.75 Å². The summed E-state index contributed by atoms with van der Waals surface area (Å²) in [6, 6.07) is 3.64. The predicted molar refractivity (Wildman–Crippen MR) is 72.4 cm³/mol. The van der Waals surface area contributed by atoms with Gasteiger partial charge in [0.1, 0.15) is 5.75 Å². The largest absolute Gasteiger partial charge is 0.495 e. The van der Waals surface area contributed by atoms with Gasteiger partial charge < -0.3 is 9.64 Å². The highest BCUT2D eigenvalue weighted by molar-refractivity contribution is 9.09. The molecule has 3 nitrogen and oxygen atoms in total. The lowest BCUT2D eigenvalue weighted by Gasteiger charge is -2.20. The summed E-state index contributed by atoms with van der Waals surface area (Å²) in [5.74, 6) is 0.770. The number of nitrogens with zero attached hydrogens (tertiary/aromatic N) is 1. The summed E-state index contributed by atoms with van der Waals surface area (Å²) in [4.78, 5) is 13.8. The summed E-state index contributed by atoms with van der Waals surface area (Å²) in [5, 5.41) is 0.645. The van der Waals surface area contributed by atoms with Gasteiger partial charge in [0.2, 0.25) is 5.91 Å². The van der Waals surface area contributed by atoms with Gasteiger partial charge >= 0.3 is 0 Å². The van der Waals surface area contributed by atoms with Crippen molar-refractivity contribution in [3.63, 3.8) is 0 Å². The molecule has 0 saturated carbocycles. The number of aryl methyl sites for hydroxylation is 1. The Hall–Kier alpha value is -0.740. The van der Waals surface area contributed by atoms with Crippen molar-refractivity contribution in [3.8, 4) is 5.75 Å². The van der Waals surface area contributed by atoms with Crippen molar-refractivity contribution in [1.82, 2.24) is 0 Å². The number of amides is 1. The van der Waals surface area contributed by atoms with Gasteiger partial charge in [0.05, 0.1) is 12.8 Å². The smallest absolute Gasteiger partial charge is 0.228 e. The SMILES string of the molecule is COc1cc(C)c(Cl)cc1N1CC(Br)CC1=O. The molecule has 1 unspecified atom stereocenters. The topological polar surface area (TPSA) is 29.5 Å². The normalized spacial score (nSPS) is 19.9.